The van der Waals surface area contributed by atoms with Gasteiger partial charge in [0.25, 0.3) is 0 Å². The highest BCUT2D eigenvalue weighted by Crippen LogP contribution is 2.16. The summed E-state index contributed by atoms with van der Waals surface area (Å²) in [6, 6.07) is 8.35. The maximum Gasteiger partial charge on any atom is 0.328 e. The Kier molecular flexibility index (Phi) is 6.20. The molecule has 1 atom stereocenters. The predicted octanol–water partition coefficient (Wildman–Crippen LogP) is 2.96. The molecule has 0 bridgehead atoms. The van der Waals surface area contributed by atoms with Crippen LogP contribution in [-0.2, 0) is 11.2 Å². The fraction of sp³-hybridized carbons (Fsp3) is 0.316. The van der Waals surface area contributed by atoms with Crippen LogP contribution in [0, 0.1) is 0 Å². The number of carboxylic acids is 1. The molecule has 3 rings (SSSR count). The van der Waals surface area contributed by atoms with Crippen molar-refractivity contribution in [2.45, 2.75) is 18.9 Å². The number of hydrogen-bond acceptors (Lipinski definition) is 5. The zero-order chi connectivity index (χ0) is 18.4. The Morgan fingerprint density at radius 3 is 2.81 bits per heavy atom. The molecule has 0 radical (unpaired) electrons. The van der Waals surface area contributed by atoms with Crippen molar-refractivity contribution < 1.29 is 9.90 Å². The maximum absolute atomic E-state index is 10.5. The molecule has 136 valence electrons. The standard InChI is InChI=1S/C19H21ClN4O2/c20-15-3-1-14(2-4-15)7-9-24-10-8-17(13-24)23-18-12-21-16(11-22-18)5-6-19(25)26/h1-6,11-12,17H,7-10,13H2,(H,22,23)(H,25,26)/b6-5+/t17-/m1/s1. The molecule has 0 aliphatic carbocycles. The van der Waals surface area contributed by atoms with E-state index in [4.69, 9.17) is 16.7 Å². The topological polar surface area (TPSA) is 78.3 Å². The number of halogens is 1. The minimum Gasteiger partial charge on any atom is -0.478 e. The van der Waals surface area contributed by atoms with E-state index < -0.39 is 5.97 Å². The highest BCUT2D eigenvalue weighted by atomic mass is 35.5. The Morgan fingerprint density at radius 1 is 1.31 bits per heavy atom. The second-order valence-electron chi connectivity index (χ2n) is 6.31. The molecular formula is C19H21ClN4O2. The van der Waals surface area contributed by atoms with Crippen molar-refractivity contribution in [2.75, 3.05) is 25.0 Å². The van der Waals surface area contributed by atoms with Gasteiger partial charge in [0.05, 0.1) is 18.1 Å². The number of likely N-dealkylation sites (tertiary alicyclic amines) is 1. The van der Waals surface area contributed by atoms with Gasteiger partial charge in [0.1, 0.15) is 5.82 Å². The average molecular weight is 373 g/mol. The van der Waals surface area contributed by atoms with Gasteiger partial charge in [-0.15, -0.1) is 0 Å². The Hall–Kier alpha value is -2.44. The Morgan fingerprint density at radius 2 is 2.12 bits per heavy atom. The first-order valence-electron chi connectivity index (χ1n) is 8.55. The number of nitrogens with zero attached hydrogens (tertiary/aromatic N) is 3. The van der Waals surface area contributed by atoms with E-state index >= 15 is 0 Å². The first-order valence-corrected chi connectivity index (χ1v) is 8.93. The Labute approximate surface area is 157 Å². The van der Waals surface area contributed by atoms with Crippen LogP contribution in [0.2, 0.25) is 5.02 Å². The quantitative estimate of drug-likeness (QED) is 0.727. The predicted molar refractivity (Wildman–Crippen MR) is 102 cm³/mol. The second-order valence-corrected chi connectivity index (χ2v) is 6.74. The molecule has 1 aliphatic rings. The van der Waals surface area contributed by atoms with Crippen LogP contribution < -0.4 is 5.32 Å². The van der Waals surface area contributed by atoms with Gasteiger partial charge in [-0.25, -0.2) is 9.78 Å². The molecule has 1 aromatic carbocycles. The summed E-state index contributed by atoms with van der Waals surface area (Å²) in [5.41, 5.74) is 1.82. The molecule has 0 saturated carbocycles. The van der Waals surface area contributed by atoms with Crippen molar-refractivity contribution in [3.63, 3.8) is 0 Å². The molecule has 1 saturated heterocycles. The van der Waals surface area contributed by atoms with E-state index in [-0.39, 0.29) is 0 Å². The summed E-state index contributed by atoms with van der Waals surface area (Å²) in [5, 5.41) is 12.8. The van der Waals surface area contributed by atoms with E-state index in [2.05, 4.69) is 32.3 Å². The highest BCUT2D eigenvalue weighted by molar-refractivity contribution is 6.30. The molecule has 2 aromatic rings. The summed E-state index contributed by atoms with van der Waals surface area (Å²) >= 11 is 5.92. The molecule has 26 heavy (non-hydrogen) atoms. The molecule has 0 spiro atoms. The zero-order valence-corrected chi connectivity index (χ0v) is 15.1. The van der Waals surface area contributed by atoms with Crippen molar-refractivity contribution >= 4 is 29.5 Å². The zero-order valence-electron chi connectivity index (χ0n) is 14.3. The van der Waals surface area contributed by atoms with Gasteiger partial charge in [-0.05, 0) is 36.6 Å². The van der Waals surface area contributed by atoms with Gasteiger partial charge in [0.15, 0.2) is 0 Å². The molecular weight excluding hydrogens is 352 g/mol. The molecule has 7 heteroatoms. The van der Waals surface area contributed by atoms with Crippen LogP contribution in [0.5, 0.6) is 0 Å². The normalized spacial score (nSPS) is 17.7. The van der Waals surface area contributed by atoms with Crippen molar-refractivity contribution in [1.29, 1.82) is 0 Å². The second kappa shape index (κ2) is 8.78. The van der Waals surface area contributed by atoms with Crippen LogP contribution in [0.25, 0.3) is 6.08 Å². The van der Waals surface area contributed by atoms with Crippen molar-refractivity contribution in [3.05, 3.63) is 59.0 Å². The third-order valence-corrected chi connectivity index (χ3v) is 4.57. The minimum atomic E-state index is -1.00. The summed E-state index contributed by atoms with van der Waals surface area (Å²) in [4.78, 5) is 21.4. The van der Waals surface area contributed by atoms with Crippen LogP contribution in [0.3, 0.4) is 0 Å². The minimum absolute atomic E-state index is 0.343. The number of rotatable bonds is 7. The lowest BCUT2D eigenvalue weighted by molar-refractivity contribution is -0.131. The lowest BCUT2D eigenvalue weighted by atomic mass is 10.1. The van der Waals surface area contributed by atoms with Gasteiger partial charge in [-0.1, -0.05) is 23.7 Å². The summed E-state index contributed by atoms with van der Waals surface area (Å²) in [6.45, 7) is 3.04. The first-order chi connectivity index (χ1) is 12.6. The summed E-state index contributed by atoms with van der Waals surface area (Å²) < 4.78 is 0. The van der Waals surface area contributed by atoms with Gasteiger partial charge in [0.2, 0.25) is 0 Å². The van der Waals surface area contributed by atoms with Crippen molar-refractivity contribution in [3.8, 4) is 0 Å². The lowest BCUT2D eigenvalue weighted by Gasteiger charge is -2.17. The van der Waals surface area contributed by atoms with Crippen LogP contribution in [0.4, 0.5) is 5.82 Å². The number of benzene rings is 1. The van der Waals surface area contributed by atoms with E-state index in [1.165, 1.54) is 11.6 Å². The molecule has 0 amide bonds. The number of carbonyl (C=O) groups is 1. The molecule has 1 fully saturated rings. The Bertz CT molecular complexity index is 762. The van der Waals surface area contributed by atoms with Gasteiger partial charge < -0.3 is 15.3 Å². The van der Waals surface area contributed by atoms with Gasteiger partial charge in [-0.3, -0.25) is 4.98 Å². The summed E-state index contributed by atoms with van der Waals surface area (Å²) in [6.07, 6.45) is 7.74. The molecule has 2 N–H and O–H groups in total. The van der Waals surface area contributed by atoms with Crippen molar-refractivity contribution in [1.82, 2.24) is 14.9 Å². The fourth-order valence-electron chi connectivity index (χ4n) is 2.96. The lowest BCUT2D eigenvalue weighted by Crippen LogP contribution is -2.28. The smallest absolute Gasteiger partial charge is 0.328 e. The third-order valence-electron chi connectivity index (χ3n) is 4.32. The number of anilines is 1. The molecule has 2 heterocycles. The van der Waals surface area contributed by atoms with E-state index in [0.717, 1.165) is 43.6 Å². The van der Waals surface area contributed by atoms with Crippen LogP contribution >= 0.6 is 11.6 Å². The van der Waals surface area contributed by atoms with Crippen molar-refractivity contribution in [2.24, 2.45) is 0 Å². The first kappa shape index (κ1) is 18.4. The maximum atomic E-state index is 10.5. The number of hydrogen-bond donors (Lipinski definition) is 2. The SMILES string of the molecule is O=C(O)/C=C/c1cnc(N[C@@H]2CCN(CCc3ccc(Cl)cc3)C2)cn1. The number of aliphatic carboxylic acids is 1. The number of carboxylic acid groups (broad SMARTS) is 1. The fourth-order valence-corrected chi connectivity index (χ4v) is 3.08. The summed E-state index contributed by atoms with van der Waals surface area (Å²) in [7, 11) is 0. The van der Waals surface area contributed by atoms with E-state index in [9.17, 15) is 4.79 Å². The average Bonchev–Trinajstić information content (AvgIpc) is 3.08. The van der Waals surface area contributed by atoms with E-state index in [0.29, 0.717) is 17.6 Å². The number of aromatic nitrogens is 2. The third kappa shape index (κ3) is 5.54. The molecule has 6 nitrogen and oxygen atoms in total. The van der Waals surface area contributed by atoms with Gasteiger partial charge in [0, 0.05) is 36.8 Å². The van der Waals surface area contributed by atoms with E-state index in [1.54, 1.807) is 12.4 Å². The Balaban J connectivity index is 1.45. The molecule has 1 aliphatic heterocycles. The van der Waals surface area contributed by atoms with Gasteiger partial charge >= 0.3 is 5.97 Å². The molecule has 0 unspecified atom stereocenters. The highest BCUT2D eigenvalue weighted by Gasteiger charge is 2.22. The van der Waals surface area contributed by atoms with Crippen LogP contribution in [0.15, 0.2) is 42.7 Å². The largest absolute Gasteiger partial charge is 0.478 e. The van der Waals surface area contributed by atoms with Gasteiger partial charge in [-0.2, -0.15) is 0 Å². The van der Waals surface area contributed by atoms with E-state index in [1.807, 2.05) is 12.1 Å². The monoisotopic (exact) mass is 372 g/mol. The van der Waals surface area contributed by atoms with Crippen LogP contribution in [0.1, 0.15) is 17.7 Å². The summed E-state index contributed by atoms with van der Waals surface area (Å²) in [5.74, 6) is -0.291. The molecule has 1 aromatic heterocycles. The van der Waals surface area contributed by atoms with Crippen LogP contribution in [-0.4, -0.2) is 51.6 Å². The number of nitrogens with one attached hydrogen (secondary N) is 1.